The van der Waals surface area contributed by atoms with E-state index in [1.165, 1.54) is 6.20 Å². The molecule has 0 amide bonds. The van der Waals surface area contributed by atoms with E-state index in [-0.39, 0.29) is 23.8 Å². The lowest BCUT2D eigenvalue weighted by Gasteiger charge is -2.33. The van der Waals surface area contributed by atoms with Crippen molar-refractivity contribution in [2.45, 2.75) is 19.1 Å². The second-order valence-corrected chi connectivity index (χ2v) is 3.03. The molecule has 1 aromatic rings. The van der Waals surface area contributed by atoms with Gasteiger partial charge in [0, 0.05) is 11.1 Å². The number of nitrogens with zero attached hydrogens (tertiary/aromatic N) is 2. The predicted molar refractivity (Wildman–Crippen MR) is 47.5 cm³/mol. The summed E-state index contributed by atoms with van der Waals surface area (Å²) in [5.41, 5.74) is 5.83. The molecule has 0 bridgehead atoms. The normalized spacial score (nSPS) is 31.3. The Morgan fingerprint density at radius 2 is 2.77 bits per heavy atom. The van der Waals surface area contributed by atoms with Gasteiger partial charge in [-0.3, -0.25) is 4.68 Å². The molecular formula is C8H13N3O2. The smallest absolute Gasteiger partial charge is 0.256 e. The number of nitrogens with two attached hydrogens (primary N) is 1. The summed E-state index contributed by atoms with van der Waals surface area (Å²) in [4.78, 5) is 0. The number of anilines is 1. The molecule has 2 heterocycles. The summed E-state index contributed by atoms with van der Waals surface area (Å²) in [7, 11) is 0. The average molecular weight is 186 g/mol. The number of hydrogen-bond donors (Lipinski definition) is 1. The van der Waals surface area contributed by atoms with Crippen LogP contribution in [0.15, 0.2) is 6.20 Å². The van der Waals surface area contributed by atoms with E-state index >= 15 is 0 Å². The zero-order chi connectivity index (χ0) is 11.9. The zero-order valence-corrected chi connectivity index (χ0v) is 7.23. The number of aromatic nitrogens is 2. The fourth-order valence-corrected chi connectivity index (χ4v) is 1.10. The number of aryl methyl sites for hydroxylation is 1. The lowest BCUT2D eigenvalue weighted by molar-refractivity contribution is -0.140. The summed E-state index contributed by atoms with van der Waals surface area (Å²) in [5, 5.41) is 3.79. The Morgan fingerprint density at radius 1 is 1.92 bits per heavy atom. The molecule has 1 aromatic heterocycles. The van der Waals surface area contributed by atoms with E-state index in [9.17, 15) is 0 Å². The Bertz CT molecular complexity index is 390. The van der Waals surface area contributed by atoms with Crippen LogP contribution in [0.4, 0.5) is 5.69 Å². The van der Waals surface area contributed by atoms with Crippen LogP contribution in [-0.2, 0) is 11.7 Å². The van der Waals surface area contributed by atoms with Crippen LogP contribution in [0.3, 0.4) is 0 Å². The maximum Gasteiger partial charge on any atom is 0.256 e. The van der Waals surface area contributed by atoms with Gasteiger partial charge >= 0.3 is 0 Å². The Kier molecular flexibility index (Phi) is 1.23. The maximum atomic E-state index is 7.16. The molecule has 0 aliphatic carbocycles. The summed E-state index contributed by atoms with van der Waals surface area (Å²) in [6.07, 6.45) is 1.12. The molecule has 2 atom stereocenters. The van der Waals surface area contributed by atoms with Gasteiger partial charge in [0.05, 0.1) is 18.9 Å². The Labute approximate surface area is 80.6 Å². The third-order valence-corrected chi connectivity index (χ3v) is 2.02. The first-order valence-corrected chi connectivity index (χ1v) is 4.02. The summed E-state index contributed by atoms with van der Waals surface area (Å²) in [6.45, 7) is 0.00377. The monoisotopic (exact) mass is 186 g/mol. The van der Waals surface area contributed by atoms with Crippen LogP contribution in [0, 0.1) is 0 Å². The van der Waals surface area contributed by atoms with Crippen LogP contribution < -0.4 is 10.5 Å². The van der Waals surface area contributed by atoms with Crippen molar-refractivity contribution in [1.29, 1.82) is 0 Å². The van der Waals surface area contributed by atoms with E-state index in [0.717, 1.165) is 4.68 Å². The third-order valence-electron chi connectivity index (χ3n) is 2.02. The van der Waals surface area contributed by atoms with E-state index < -0.39 is 6.98 Å². The second kappa shape index (κ2) is 2.92. The molecule has 5 heteroatoms. The highest BCUT2D eigenvalue weighted by molar-refractivity contribution is 5.45. The van der Waals surface area contributed by atoms with Gasteiger partial charge in [0.1, 0.15) is 11.8 Å². The van der Waals surface area contributed by atoms with Gasteiger partial charge in [-0.15, -0.1) is 5.10 Å². The Balaban J connectivity index is 2.12. The number of ether oxygens (including phenoxy) is 2. The largest absolute Gasteiger partial charge is 0.467 e. The van der Waals surface area contributed by atoms with Crippen LogP contribution in [0.2, 0.25) is 0 Å². The van der Waals surface area contributed by atoms with E-state index in [4.69, 9.17) is 19.3 Å². The summed E-state index contributed by atoms with van der Waals surface area (Å²) >= 11 is 0. The van der Waals surface area contributed by atoms with E-state index in [0.29, 0.717) is 6.61 Å². The minimum atomic E-state index is -2.34. The lowest BCUT2D eigenvalue weighted by Crippen LogP contribution is -2.46. The van der Waals surface area contributed by atoms with Crippen molar-refractivity contribution in [1.82, 2.24) is 9.78 Å². The molecule has 0 saturated carbocycles. The van der Waals surface area contributed by atoms with Crippen LogP contribution in [0.5, 0.6) is 5.88 Å². The van der Waals surface area contributed by atoms with Gasteiger partial charge in [-0.05, 0) is 6.92 Å². The van der Waals surface area contributed by atoms with Crippen molar-refractivity contribution < 1.29 is 13.6 Å². The van der Waals surface area contributed by atoms with Crippen molar-refractivity contribution in [2.24, 2.45) is 6.98 Å². The first-order chi connectivity index (χ1) is 7.38. The molecule has 1 aliphatic rings. The molecule has 1 aliphatic heterocycles. The highest BCUT2D eigenvalue weighted by atomic mass is 16.6. The fourth-order valence-electron chi connectivity index (χ4n) is 1.10. The third kappa shape index (κ3) is 1.47. The highest BCUT2D eigenvalue weighted by Gasteiger charge is 2.31. The summed E-state index contributed by atoms with van der Waals surface area (Å²) in [5.74, 6) is 0.149. The molecule has 2 N–H and O–H groups in total. The highest BCUT2D eigenvalue weighted by Crippen LogP contribution is 2.23. The van der Waals surface area contributed by atoms with Gasteiger partial charge in [-0.2, -0.15) is 0 Å². The van der Waals surface area contributed by atoms with E-state index in [1.54, 1.807) is 0 Å². The van der Waals surface area contributed by atoms with E-state index in [1.807, 2.05) is 6.92 Å². The standard InChI is InChI=1S/C8H13N3O2/c1-5-7(4-12-5)13-8-6(9)3-11(2)10-8/h3,5,7H,4,9H2,1-2H3/t5-,7+/m1/s1/i2D3. The predicted octanol–water partition coefficient (Wildman–Crippen LogP) is 0.168. The van der Waals surface area contributed by atoms with Gasteiger partial charge in [0.15, 0.2) is 0 Å². The van der Waals surface area contributed by atoms with Crippen LogP contribution in [0.25, 0.3) is 0 Å². The van der Waals surface area contributed by atoms with Gasteiger partial charge in [0.25, 0.3) is 5.88 Å². The lowest BCUT2D eigenvalue weighted by atomic mass is 10.2. The minimum Gasteiger partial charge on any atom is -0.467 e. The summed E-state index contributed by atoms with van der Waals surface area (Å²) in [6, 6.07) is 0. The van der Waals surface area contributed by atoms with Gasteiger partial charge in [-0.25, -0.2) is 0 Å². The quantitative estimate of drug-likeness (QED) is 0.715. The zero-order valence-electron chi connectivity index (χ0n) is 10.2. The number of nitrogen functional groups attached to an aromatic ring is 1. The molecule has 1 saturated heterocycles. The van der Waals surface area contributed by atoms with Crippen molar-refractivity contribution >= 4 is 5.69 Å². The van der Waals surface area contributed by atoms with Crippen molar-refractivity contribution in [3.8, 4) is 5.88 Å². The number of hydrogen-bond acceptors (Lipinski definition) is 4. The Hall–Kier alpha value is -1.23. The summed E-state index contributed by atoms with van der Waals surface area (Å²) < 4.78 is 32.9. The SMILES string of the molecule is [2H]C([2H])([2H])n1cc(N)c(O[C@H]2CO[C@@H]2C)n1. The van der Waals surface area contributed by atoms with Crippen LogP contribution in [-0.4, -0.2) is 28.6 Å². The maximum absolute atomic E-state index is 7.16. The fraction of sp³-hybridized carbons (Fsp3) is 0.625. The van der Waals surface area contributed by atoms with E-state index in [2.05, 4.69) is 5.10 Å². The van der Waals surface area contributed by atoms with Crippen LogP contribution in [0.1, 0.15) is 11.0 Å². The van der Waals surface area contributed by atoms with Gasteiger partial charge in [0.2, 0.25) is 0 Å². The molecule has 72 valence electrons. The molecule has 13 heavy (non-hydrogen) atoms. The van der Waals surface area contributed by atoms with Crippen molar-refractivity contribution in [2.75, 3.05) is 12.3 Å². The molecule has 0 radical (unpaired) electrons. The molecule has 0 unspecified atom stereocenters. The number of rotatable bonds is 2. The molecule has 1 fully saturated rings. The molecule has 5 nitrogen and oxygen atoms in total. The van der Waals surface area contributed by atoms with Gasteiger partial charge in [-0.1, -0.05) is 0 Å². The average Bonchev–Trinajstić information content (AvgIpc) is 2.54. The first-order valence-electron chi connectivity index (χ1n) is 5.52. The van der Waals surface area contributed by atoms with Crippen LogP contribution >= 0.6 is 0 Å². The Morgan fingerprint density at radius 3 is 3.23 bits per heavy atom. The van der Waals surface area contributed by atoms with Gasteiger partial charge < -0.3 is 15.2 Å². The van der Waals surface area contributed by atoms with Crippen molar-refractivity contribution in [3.63, 3.8) is 0 Å². The first kappa shape index (κ1) is 5.49. The molecule has 0 spiro atoms. The second-order valence-electron chi connectivity index (χ2n) is 3.03. The minimum absolute atomic E-state index is 0.0164. The molecular weight excluding hydrogens is 170 g/mol. The van der Waals surface area contributed by atoms with Crippen molar-refractivity contribution in [3.05, 3.63) is 6.20 Å². The topological polar surface area (TPSA) is 62.3 Å². The molecule has 2 rings (SSSR count). The molecule has 0 aromatic carbocycles.